The van der Waals surface area contributed by atoms with Crippen LogP contribution in [0.3, 0.4) is 0 Å². The van der Waals surface area contributed by atoms with Crippen molar-refractivity contribution < 1.29 is 31.5 Å². The highest BCUT2D eigenvalue weighted by molar-refractivity contribution is 14.1. The van der Waals surface area contributed by atoms with Crippen LogP contribution in [0, 0.1) is 3.57 Å². The maximum absolute atomic E-state index is 12.7. The van der Waals surface area contributed by atoms with Crippen molar-refractivity contribution in [3.8, 4) is 5.75 Å². The second-order valence-electron chi connectivity index (χ2n) is 3.26. The molecule has 0 fully saturated rings. The number of ketones is 1. The van der Waals surface area contributed by atoms with E-state index in [4.69, 9.17) is 0 Å². The van der Waals surface area contributed by atoms with Crippen LogP contribution >= 0.6 is 22.6 Å². The molecular weight excluding hydrogens is 374 g/mol. The summed E-state index contributed by atoms with van der Waals surface area (Å²) < 4.78 is 65.6. The highest BCUT2D eigenvalue weighted by Crippen LogP contribution is 2.40. The van der Waals surface area contributed by atoms with Crippen molar-refractivity contribution >= 4 is 28.4 Å². The Labute approximate surface area is 112 Å². The first-order chi connectivity index (χ1) is 8.12. The fourth-order valence-electron chi connectivity index (χ4n) is 1.25. The molecule has 0 saturated carbocycles. The summed E-state index contributed by atoms with van der Waals surface area (Å²) in [5.74, 6) is -1.59. The standard InChI is InChI=1S/C10H6F5IO2/c1-4(17)5-2-6(16)8(10(13,14)15)7(3-5)18-9(11)12/h2-3,9H,1H3. The molecule has 100 valence electrons. The second-order valence-corrected chi connectivity index (χ2v) is 4.43. The van der Waals surface area contributed by atoms with Crippen LogP contribution in [0.1, 0.15) is 22.8 Å². The molecule has 0 aliphatic rings. The predicted octanol–water partition coefficient (Wildman–Crippen LogP) is 4.11. The number of hydrogen-bond donors (Lipinski definition) is 0. The molecule has 0 heterocycles. The lowest BCUT2D eigenvalue weighted by molar-refractivity contribution is -0.142. The predicted molar refractivity (Wildman–Crippen MR) is 60.8 cm³/mol. The first-order valence-electron chi connectivity index (χ1n) is 4.49. The Morgan fingerprint density at radius 2 is 1.89 bits per heavy atom. The lowest BCUT2D eigenvalue weighted by Gasteiger charge is -2.16. The average molecular weight is 380 g/mol. The molecule has 0 aromatic heterocycles. The van der Waals surface area contributed by atoms with E-state index in [1.54, 1.807) is 0 Å². The normalized spacial score (nSPS) is 11.8. The SMILES string of the molecule is CC(=O)c1cc(I)c(C(F)(F)F)c(OC(F)F)c1. The van der Waals surface area contributed by atoms with Crippen molar-refractivity contribution in [3.05, 3.63) is 26.8 Å². The van der Waals surface area contributed by atoms with E-state index in [0.29, 0.717) is 6.07 Å². The van der Waals surface area contributed by atoms with E-state index in [-0.39, 0.29) is 9.13 Å². The molecule has 0 bridgehead atoms. The van der Waals surface area contributed by atoms with Crippen molar-refractivity contribution in [1.29, 1.82) is 0 Å². The first-order valence-corrected chi connectivity index (χ1v) is 5.57. The van der Waals surface area contributed by atoms with Crippen molar-refractivity contribution in [3.63, 3.8) is 0 Å². The van der Waals surface area contributed by atoms with Gasteiger partial charge in [-0.3, -0.25) is 4.79 Å². The molecule has 0 saturated heterocycles. The number of ether oxygens (including phenoxy) is 1. The molecule has 2 nitrogen and oxygen atoms in total. The maximum atomic E-state index is 12.7. The number of halogens is 6. The summed E-state index contributed by atoms with van der Waals surface area (Å²) in [6, 6.07) is 1.64. The van der Waals surface area contributed by atoms with Crippen LogP contribution in [0.25, 0.3) is 0 Å². The number of alkyl halides is 5. The monoisotopic (exact) mass is 380 g/mol. The molecule has 0 unspecified atom stereocenters. The summed E-state index contributed by atoms with van der Waals surface area (Å²) in [6.45, 7) is -2.28. The Balaban J connectivity index is 3.45. The lowest BCUT2D eigenvalue weighted by Crippen LogP contribution is -2.14. The van der Waals surface area contributed by atoms with Crippen LogP contribution in [-0.2, 0) is 6.18 Å². The molecule has 1 aromatic rings. The van der Waals surface area contributed by atoms with Crippen molar-refractivity contribution in [2.75, 3.05) is 0 Å². The highest BCUT2D eigenvalue weighted by atomic mass is 127. The van der Waals surface area contributed by atoms with Crippen LogP contribution < -0.4 is 4.74 Å². The fourth-order valence-corrected chi connectivity index (χ4v) is 2.16. The molecular formula is C10H6F5IO2. The first kappa shape index (κ1) is 15.1. The van der Waals surface area contributed by atoms with Gasteiger partial charge in [-0.25, -0.2) is 0 Å². The molecule has 0 atom stereocenters. The summed E-state index contributed by atoms with van der Waals surface area (Å²) in [6.07, 6.45) is -4.84. The van der Waals surface area contributed by atoms with Gasteiger partial charge in [-0.15, -0.1) is 0 Å². The molecule has 1 rings (SSSR count). The number of rotatable bonds is 3. The third-order valence-corrected chi connectivity index (χ3v) is 2.81. The van der Waals surface area contributed by atoms with Crippen LogP contribution in [0.2, 0.25) is 0 Å². The summed E-state index contributed by atoms with van der Waals surface area (Å²) in [5, 5.41) is 0. The van der Waals surface area contributed by atoms with E-state index in [1.807, 2.05) is 0 Å². The van der Waals surface area contributed by atoms with E-state index in [0.717, 1.165) is 13.0 Å². The van der Waals surface area contributed by atoms with Gasteiger partial charge in [0.15, 0.2) is 5.78 Å². The minimum atomic E-state index is -4.84. The van der Waals surface area contributed by atoms with Crippen molar-refractivity contribution in [2.24, 2.45) is 0 Å². The van der Waals surface area contributed by atoms with E-state index >= 15 is 0 Å². The van der Waals surface area contributed by atoms with Crippen LogP contribution in [0.15, 0.2) is 12.1 Å². The molecule has 0 N–H and O–H groups in total. The molecule has 8 heteroatoms. The number of hydrogen-bond acceptors (Lipinski definition) is 2. The van der Waals surface area contributed by atoms with Gasteiger partial charge in [0.25, 0.3) is 0 Å². The molecule has 18 heavy (non-hydrogen) atoms. The zero-order chi connectivity index (χ0) is 14.1. The molecule has 1 aromatic carbocycles. The number of carbonyl (C=O) groups excluding carboxylic acids is 1. The molecule has 0 radical (unpaired) electrons. The number of Topliss-reactive ketones (excluding diaryl/α,β-unsaturated/α-hetero) is 1. The van der Waals surface area contributed by atoms with E-state index in [9.17, 15) is 26.7 Å². The van der Waals surface area contributed by atoms with Crippen molar-refractivity contribution in [1.82, 2.24) is 0 Å². The van der Waals surface area contributed by atoms with Crippen LogP contribution in [0.5, 0.6) is 5.75 Å². The molecule has 0 aliphatic heterocycles. The molecule has 0 spiro atoms. The largest absolute Gasteiger partial charge is 0.434 e. The lowest BCUT2D eigenvalue weighted by atomic mass is 10.1. The van der Waals surface area contributed by atoms with Gasteiger partial charge in [0.05, 0.1) is 0 Å². The van der Waals surface area contributed by atoms with Gasteiger partial charge in [-0.1, -0.05) is 0 Å². The van der Waals surface area contributed by atoms with Gasteiger partial charge in [0.2, 0.25) is 0 Å². The Morgan fingerprint density at radius 1 is 1.33 bits per heavy atom. The van der Waals surface area contributed by atoms with Gasteiger partial charge in [0, 0.05) is 9.13 Å². The summed E-state index contributed by atoms with van der Waals surface area (Å²) in [4.78, 5) is 11.1. The van der Waals surface area contributed by atoms with E-state index < -0.39 is 29.9 Å². The topological polar surface area (TPSA) is 26.3 Å². The quantitative estimate of drug-likeness (QED) is 0.448. The number of carbonyl (C=O) groups is 1. The average Bonchev–Trinajstić information content (AvgIpc) is 2.12. The maximum Gasteiger partial charge on any atom is 0.420 e. The zero-order valence-electron chi connectivity index (χ0n) is 8.82. The summed E-state index contributed by atoms with van der Waals surface area (Å²) in [7, 11) is 0. The zero-order valence-corrected chi connectivity index (χ0v) is 11.0. The van der Waals surface area contributed by atoms with Gasteiger partial charge in [-0.05, 0) is 41.6 Å². The van der Waals surface area contributed by atoms with E-state index in [1.165, 1.54) is 22.6 Å². The summed E-state index contributed by atoms with van der Waals surface area (Å²) in [5.41, 5.74) is -1.43. The fraction of sp³-hybridized carbons (Fsp3) is 0.300. The Morgan fingerprint density at radius 3 is 2.28 bits per heavy atom. The highest BCUT2D eigenvalue weighted by Gasteiger charge is 2.38. The summed E-state index contributed by atoms with van der Waals surface area (Å²) >= 11 is 1.32. The number of benzene rings is 1. The molecule has 0 aliphatic carbocycles. The Bertz CT molecular complexity index is 470. The van der Waals surface area contributed by atoms with Crippen LogP contribution in [0.4, 0.5) is 22.0 Å². The third kappa shape index (κ3) is 3.53. The Hall–Kier alpha value is -0.930. The Kier molecular flexibility index (Phi) is 4.51. The van der Waals surface area contributed by atoms with Gasteiger partial charge in [-0.2, -0.15) is 22.0 Å². The van der Waals surface area contributed by atoms with Crippen molar-refractivity contribution in [2.45, 2.75) is 19.7 Å². The minimum absolute atomic E-state index is 0.122. The third-order valence-electron chi connectivity index (χ3n) is 1.96. The molecule has 0 amide bonds. The van der Waals surface area contributed by atoms with Crippen LogP contribution in [-0.4, -0.2) is 12.4 Å². The van der Waals surface area contributed by atoms with Gasteiger partial charge < -0.3 is 4.74 Å². The van der Waals surface area contributed by atoms with E-state index in [2.05, 4.69) is 4.74 Å². The van der Waals surface area contributed by atoms with Gasteiger partial charge in [0.1, 0.15) is 11.3 Å². The minimum Gasteiger partial charge on any atom is -0.434 e. The second kappa shape index (κ2) is 5.37. The van der Waals surface area contributed by atoms with Gasteiger partial charge >= 0.3 is 12.8 Å². The smallest absolute Gasteiger partial charge is 0.420 e.